The molecule has 5 nitrogen and oxygen atoms in total. The van der Waals surface area contributed by atoms with Crippen molar-refractivity contribution in [1.82, 2.24) is 5.43 Å². The number of hydrazine groups is 1. The fourth-order valence-electron chi connectivity index (χ4n) is 1.30. The number of nitrogens with one attached hydrogen (secondary N) is 2. The number of hydrogen-bond donors (Lipinski definition) is 3. The van der Waals surface area contributed by atoms with E-state index in [2.05, 4.69) is 10.7 Å². The maximum Gasteiger partial charge on any atom is 0.185 e. The predicted molar refractivity (Wildman–Crippen MR) is 72.3 cm³/mol. The Labute approximate surface area is 106 Å². The highest BCUT2D eigenvalue weighted by Crippen LogP contribution is 2.30. The molecule has 0 heterocycles. The zero-order chi connectivity index (χ0) is 12.7. The summed E-state index contributed by atoms with van der Waals surface area (Å²) in [4.78, 5) is 0. The lowest BCUT2D eigenvalue weighted by molar-refractivity contribution is 0.288. The Morgan fingerprint density at radius 3 is 2.47 bits per heavy atom. The average molecular weight is 255 g/mol. The molecule has 0 fully saturated rings. The van der Waals surface area contributed by atoms with E-state index in [0.717, 1.165) is 5.69 Å². The molecule has 0 amide bonds. The van der Waals surface area contributed by atoms with Crippen molar-refractivity contribution in [2.24, 2.45) is 5.84 Å². The van der Waals surface area contributed by atoms with E-state index in [4.69, 9.17) is 27.5 Å². The Bertz CT molecular complexity index is 385. The number of anilines is 1. The summed E-state index contributed by atoms with van der Waals surface area (Å²) in [5.41, 5.74) is 3.14. The molecule has 17 heavy (non-hydrogen) atoms. The molecule has 0 bridgehead atoms. The second-order valence-corrected chi connectivity index (χ2v) is 3.53. The van der Waals surface area contributed by atoms with Crippen molar-refractivity contribution >= 4 is 23.0 Å². The lowest BCUT2D eigenvalue weighted by atomic mass is 10.2. The summed E-state index contributed by atoms with van der Waals surface area (Å²) in [6.45, 7) is 5.01. The monoisotopic (exact) mass is 255 g/mol. The van der Waals surface area contributed by atoms with E-state index in [1.54, 1.807) is 0 Å². The summed E-state index contributed by atoms with van der Waals surface area (Å²) in [5, 5.41) is 3.26. The van der Waals surface area contributed by atoms with Gasteiger partial charge in [0.15, 0.2) is 16.6 Å². The summed E-state index contributed by atoms with van der Waals surface area (Å²) in [6, 6.07) is 5.49. The largest absolute Gasteiger partial charge is 0.490 e. The Hall–Kier alpha value is -1.53. The molecule has 0 aromatic heterocycles. The van der Waals surface area contributed by atoms with Crippen molar-refractivity contribution in [3.63, 3.8) is 0 Å². The fraction of sp³-hybridized carbons (Fsp3) is 0.364. The van der Waals surface area contributed by atoms with Crippen molar-refractivity contribution in [1.29, 1.82) is 0 Å². The number of rotatable bonds is 5. The van der Waals surface area contributed by atoms with Gasteiger partial charge in [0.2, 0.25) is 0 Å². The van der Waals surface area contributed by atoms with Gasteiger partial charge < -0.3 is 20.2 Å². The second kappa shape index (κ2) is 6.93. The maximum absolute atomic E-state index is 5.49. The van der Waals surface area contributed by atoms with Crippen LogP contribution in [0, 0.1) is 0 Å². The molecule has 0 saturated carbocycles. The van der Waals surface area contributed by atoms with Crippen LogP contribution in [0.2, 0.25) is 0 Å². The normalized spacial score (nSPS) is 9.59. The minimum absolute atomic E-state index is 0.344. The molecule has 6 heteroatoms. The van der Waals surface area contributed by atoms with Crippen LogP contribution in [0.3, 0.4) is 0 Å². The summed E-state index contributed by atoms with van der Waals surface area (Å²) < 4.78 is 10.9. The van der Waals surface area contributed by atoms with E-state index >= 15 is 0 Å². The standard InChI is InChI=1S/C11H17N3O2S/c1-3-15-9-6-5-8(13-11(17)14-12)7-10(9)16-4-2/h5-7H,3-4,12H2,1-2H3,(H2,13,14,17). The van der Waals surface area contributed by atoms with Crippen LogP contribution < -0.4 is 26.1 Å². The first-order chi connectivity index (χ1) is 8.21. The minimum atomic E-state index is 0.344. The molecule has 0 aliphatic rings. The summed E-state index contributed by atoms with van der Waals surface area (Å²) >= 11 is 4.91. The van der Waals surface area contributed by atoms with Gasteiger partial charge >= 0.3 is 0 Å². The molecule has 4 N–H and O–H groups in total. The van der Waals surface area contributed by atoms with Crippen LogP contribution in [0.4, 0.5) is 5.69 Å². The maximum atomic E-state index is 5.49. The topological polar surface area (TPSA) is 68.5 Å². The fourth-order valence-corrected chi connectivity index (χ4v) is 1.41. The van der Waals surface area contributed by atoms with Gasteiger partial charge in [-0.25, -0.2) is 5.84 Å². The molecule has 0 atom stereocenters. The van der Waals surface area contributed by atoms with E-state index in [1.807, 2.05) is 32.0 Å². The lowest BCUT2D eigenvalue weighted by Gasteiger charge is -2.13. The highest BCUT2D eigenvalue weighted by atomic mass is 32.1. The van der Waals surface area contributed by atoms with E-state index in [1.165, 1.54) is 0 Å². The van der Waals surface area contributed by atoms with Gasteiger partial charge in [-0.3, -0.25) is 0 Å². The molecule has 0 radical (unpaired) electrons. The third-order valence-corrected chi connectivity index (χ3v) is 2.15. The van der Waals surface area contributed by atoms with Crippen molar-refractivity contribution < 1.29 is 9.47 Å². The van der Waals surface area contributed by atoms with E-state index in [-0.39, 0.29) is 0 Å². The van der Waals surface area contributed by atoms with Crippen LogP contribution in [-0.2, 0) is 0 Å². The van der Waals surface area contributed by atoms with Crippen LogP contribution >= 0.6 is 12.2 Å². The first-order valence-corrected chi connectivity index (χ1v) is 5.79. The molecule has 1 aromatic carbocycles. The highest BCUT2D eigenvalue weighted by Gasteiger charge is 2.06. The third-order valence-electron chi connectivity index (χ3n) is 1.93. The molecule has 0 unspecified atom stereocenters. The molecule has 0 aliphatic carbocycles. The average Bonchev–Trinajstić information content (AvgIpc) is 2.33. The SMILES string of the molecule is CCOc1ccc(NC(=S)NN)cc1OCC. The van der Waals surface area contributed by atoms with E-state index in [0.29, 0.717) is 29.8 Å². The third kappa shape index (κ3) is 4.08. The predicted octanol–water partition coefficient (Wildman–Crippen LogP) is 1.64. The van der Waals surface area contributed by atoms with Gasteiger partial charge in [0, 0.05) is 11.8 Å². The van der Waals surface area contributed by atoms with Gasteiger partial charge in [0.25, 0.3) is 0 Å². The Morgan fingerprint density at radius 1 is 1.24 bits per heavy atom. The van der Waals surface area contributed by atoms with Crippen molar-refractivity contribution in [2.75, 3.05) is 18.5 Å². The van der Waals surface area contributed by atoms with Gasteiger partial charge in [0.1, 0.15) is 0 Å². The summed E-state index contributed by atoms with van der Waals surface area (Å²) in [5.74, 6) is 6.58. The second-order valence-electron chi connectivity index (χ2n) is 3.13. The van der Waals surface area contributed by atoms with Crippen LogP contribution in [0.15, 0.2) is 18.2 Å². The van der Waals surface area contributed by atoms with Gasteiger partial charge in [-0.15, -0.1) is 0 Å². The zero-order valence-corrected chi connectivity index (χ0v) is 10.8. The van der Waals surface area contributed by atoms with Gasteiger partial charge in [-0.2, -0.15) is 0 Å². The molecular weight excluding hydrogens is 238 g/mol. The molecule has 1 rings (SSSR count). The number of nitrogens with two attached hydrogens (primary N) is 1. The van der Waals surface area contributed by atoms with Crippen LogP contribution in [0.1, 0.15) is 13.8 Å². The molecular formula is C11H17N3O2S. The molecule has 94 valence electrons. The quantitative estimate of drug-likeness (QED) is 0.422. The minimum Gasteiger partial charge on any atom is -0.490 e. The van der Waals surface area contributed by atoms with Gasteiger partial charge in [-0.1, -0.05) is 0 Å². The number of benzene rings is 1. The number of hydrogen-bond acceptors (Lipinski definition) is 4. The Balaban J connectivity index is 2.88. The van der Waals surface area contributed by atoms with E-state index in [9.17, 15) is 0 Å². The molecule has 0 saturated heterocycles. The van der Waals surface area contributed by atoms with Crippen molar-refractivity contribution in [2.45, 2.75) is 13.8 Å². The van der Waals surface area contributed by atoms with Gasteiger partial charge in [-0.05, 0) is 38.2 Å². The molecule has 0 aliphatic heterocycles. The summed E-state index contributed by atoms with van der Waals surface area (Å²) in [7, 11) is 0. The summed E-state index contributed by atoms with van der Waals surface area (Å²) in [6.07, 6.45) is 0. The Morgan fingerprint density at radius 2 is 1.88 bits per heavy atom. The smallest absolute Gasteiger partial charge is 0.185 e. The van der Waals surface area contributed by atoms with Crippen molar-refractivity contribution in [3.8, 4) is 11.5 Å². The lowest BCUT2D eigenvalue weighted by Crippen LogP contribution is -2.34. The first kappa shape index (κ1) is 13.5. The Kier molecular flexibility index (Phi) is 5.51. The van der Waals surface area contributed by atoms with E-state index < -0.39 is 0 Å². The first-order valence-electron chi connectivity index (χ1n) is 5.38. The van der Waals surface area contributed by atoms with Gasteiger partial charge in [0.05, 0.1) is 13.2 Å². The molecule has 1 aromatic rings. The number of ether oxygens (including phenoxy) is 2. The zero-order valence-electron chi connectivity index (χ0n) is 9.95. The van der Waals surface area contributed by atoms with Crippen LogP contribution in [0.25, 0.3) is 0 Å². The van der Waals surface area contributed by atoms with Crippen molar-refractivity contribution in [3.05, 3.63) is 18.2 Å². The highest BCUT2D eigenvalue weighted by molar-refractivity contribution is 7.80. The van der Waals surface area contributed by atoms with Crippen LogP contribution in [-0.4, -0.2) is 18.3 Å². The molecule has 0 spiro atoms. The number of thiocarbonyl (C=S) groups is 1. The van der Waals surface area contributed by atoms with Crippen LogP contribution in [0.5, 0.6) is 11.5 Å².